The second-order valence-electron chi connectivity index (χ2n) is 9.45. The summed E-state index contributed by atoms with van der Waals surface area (Å²) >= 11 is 0. The first-order valence-corrected chi connectivity index (χ1v) is 13.7. The van der Waals surface area contributed by atoms with E-state index in [2.05, 4.69) is 0 Å². The Morgan fingerprint density at radius 2 is 1.59 bits per heavy atom. The van der Waals surface area contributed by atoms with Crippen LogP contribution in [0.5, 0.6) is 0 Å². The number of ether oxygens (including phenoxy) is 1. The number of aryl methyl sites for hydroxylation is 1. The van der Waals surface area contributed by atoms with E-state index in [0.29, 0.717) is 11.1 Å². The van der Waals surface area contributed by atoms with E-state index < -0.39 is 32.7 Å². The number of sulfonamides is 1. The van der Waals surface area contributed by atoms with Crippen LogP contribution in [0.1, 0.15) is 30.0 Å². The van der Waals surface area contributed by atoms with Crippen molar-refractivity contribution in [2.75, 3.05) is 10.9 Å². The predicted molar refractivity (Wildman–Crippen MR) is 142 cm³/mol. The molecule has 9 heteroatoms. The third kappa shape index (κ3) is 3.51. The molecule has 8 nitrogen and oxygen atoms in total. The Labute approximate surface area is 226 Å². The van der Waals surface area contributed by atoms with Gasteiger partial charge in [-0.05, 0) is 49.6 Å². The van der Waals surface area contributed by atoms with E-state index in [1.165, 1.54) is 18.2 Å². The number of fused-ring (bicyclic) bond motifs is 2. The van der Waals surface area contributed by atoms with Crippen molar-refractivity contribution < 1.29 is 22.7 Å². The molecule has 3 aromatic rings. The van der Waals surface area contributed by atoms with Crippen LogP contribution >= 0.6 is 0 Å². The van der Waals surface area contributed by atoms with Gasteiger partial charge in [0.25, 0.3) is 15.9 Å². The molecule has 0 saturated heterocycles. The van der Waals surface area contributed by atoms with Crippen molar-refractivity contribution in [3.05, 3.63) is 101 Å². The lowest BCUT2D eigenvalue weighted by Gasteiger charge is -2.25. The van der Waals surface area contributed by atoms with Gasteiger partial charge >= 0.3 is 5.97 Å². The maximum atomic E-state index is 14.4. The van der Waals surface area contributed by atoms with Gasteiger partial charge in [0.2, 0.25) is 0 Å². The highest BCUT2D eigenvalue weighted by Crippen LogP contribution is 2.75. The summed E-state index contributed by atoms with van der Waals surface area (Å²) in [6.07, 6.45) is -0.161. The molecule has 0 aromatic heterocycles. The van der Waals surface area contributed by atoms with Crippen LogP contribution in [0.25, 0.3) is 5.57 Å². The number of allylic oxidation sites excluding steroid dienone is 1. The van der Waals surface area contributed by atoms with Gasteiger partial charge in [-0.15, -0.1) is 0 Å². The molecule has 2 atom stereocenters. The summed E-state index contributed by atoms with van der Waals surface area (Å²) in [4.78, 5) is 28.2. The molecule has 3 aromatic carbocycles. The number of para-hydroxylation sites is 1. The summed E-state index contributed by atoms with van der Waals surface area (Å²) < 4.78 is 34.0. The quantitative estimate of drug-likeness (QED) is 0.336. The minimum atomic E-state index is -4.37. The number of hydrogen-bond donors (Lipinski definition) is 0. The van der Waals surface area contributed by atoms with Crippen molar-refractivity contribution in [1.29, 1.82) is 10.5 Å². The summed E-state index contributed by atoms with van der Waals surface area (Å²) in [6.45, 7) is 3.41. The summed E-state index contributed by atoms with van der Waals surface area (Å²) in [5.41, 5.74) is -2.11. The normalized spacial score (nSPS) is 21.0. The minimum Gasteiger partial charge on any atom is -0.465 e. The molecule has 0 radical (unpaired) electrons. The second kappa shape index (κ2) is 9.23. The van der Waals surface area contributed by atoms with Gasteiger partial charge in [0.15, 0.2) is 0 Å². The Balaban J connectivity index is 1.81. The molecule has 5 rings (SSSR count). The van der Waals surface area contributed by atoms with Crippen LogP contribution in [0, 0.1) is 35.0 Å². The molecule has 1 aliphatic carbocycles. The maximum absolute atomic E-state index is 14.4. The zero-order chi connectivity index (χ0) is 28.0. The molecule has 1 aliphatic heterocycles. The van der Waals surface area contributed by atoms with E-state index in [-0.39, 0.29) is 34.8 Å². The van der Waals surface area contributed by atoms with E-state index in [4.69, 9.17) is 4.74 Å². The van der Waals surface area contributed by atoms with Gasteiger partial charge in [0.05, 0.1) is 22.6 Å². The molecular weight excluding hydrogens is 514 g/mol. The number of benzene rings is 3. The van der Waals surface area contributed by atoms with E-state index in [9.17, 15) is 28.5 Å². The molecule has 0 unspecified atom stereocenters. The van der Waals surface area contributed by atoms with Crippen molar-refractivity contribution in [3.8, 4) is 12.1 Å². The molecule has 39 heavy (non-hydrogen) atoms. The van der Waals surface area contributed by atoms with Crippen molar-refractivity contribution in [3.63, 3.8) is 0 Å². The van der Waals surface area contributed by atoms with E-state index >= 15 is 0 Å². The molecule has 1 saturated carbocycles. The van der Waals surface area contributed by atoms with Gasteiger partial charge in [0.1, 0.15) is 23.1 Å². The highest BCUT2D eigenvalue weighted by Gasteiger charge is 2.83. The Morgan fingerprint density at radius 1 is 0.974 bits per heavy atom. The van der Waals surface area contributed by atoms with Crippen molar-refractivity contribution in [2.45, 2.75) is 30.6 Å². The molecule has 1 spiro atoms. The molecule has 2 aliphatic rings. The lowest BCUT2D eigenvalue weighted by molar-refractivity contribution is -0.149. The van der Waals surface area contributed by atoms with Gasteiger partial charge in [-0.25, -0.2) is 12.7 Å². The van der Waals surface area contributed by atoms with Crippen LogP contribution in [0.2, 0.25) is 0 Å². The van der Waals surface area contributed by atoms with Gasteiger partial charge < -0.3 is 4.74 Å². The van der Waals surface area contributed by atoms with Crippen molar-refractivity contribution >= 4 is 33.2 Å². The van der Waals surface area contributed by atoms with Crippen LogP contribution < -0.4 is 4.31 Å². The van der Waals surface area contributed by atoms with Crippen molar-refractivity contribution in [1.82, 2.24) is 0 Å². The van der Waals surface area contributed by atoms with Crippen LogP contribution in [0.3, 0.4) is 0 Å². The number of carbonyl (C=O) groups excluding carboxylic acids is 2. The number of hydrogen-bond acceptors (Lipinski definition) is 7. The standard InChI is InChI=1S/C30H23N3O5S/c1-3-38-28(35)30(26(22(17-31)18-32)21-9-5-4-6-10-21)19-29(30)24-11-7-8-12-25(24)33(27(29)34)39(36,37)23-15-13-20(2)14-16-23/h4-16H,3,19H2,1-2H3/t29-,30-/m0/s1. The molecule has 0 N–H and O–H groups in total. The number of nitrogens with zero attached hydrogens (tertiary/aromatic N) is 3. The van der Waals surface area contributed by atoms with E-state index in [0.717, 1.165) is 9.87 Å². The lowest BCUT2D eigenvalue weighted by atomic mass is 9.77. The molecule has 1 amide bonds. The first-order valence-electron chi connectivity index (χ1n) is 12.2. The molecule has 1 fully saturated rings. The summed E-state index contributed by atoms with van der Waals surface area (Å²) in [5, 5.41) is 19.9. The number of carbonyl (C=O) groups is 2. The van der Waals surface area contributed by atoms with Gasteiger partial charge in [-0.3, -0.25) is 9.59 Å². The lowest BCUT2D eigenvalue weighted by Crippen LogP contribution is -2.41. The van der Waals surface area contributed by atoms with Gasteiger partial charge in [-0.1, -0.05) is 66.2 Å². The van der Waals surface area contributed by atoms with Crippen molar-refractivity contribution in [2.24, 2.45) is 5.41 Å². The highest BCUT2D eigenvalue weighted by atomic mass is 32.2. The highest BCUT2D eigenvalue weighted by molar-refractivity contribution is 7.93. The Morgan fingerprint density at radius 3 is 2.21 bits per heavy atom. The summed E-state index contributed by atoms with van der Waals surface area (Å²) in [6, 6.07) is 24.7. The number of amides is 1. The first kappa shape index (κ1) is 25.9. The van der Waals surface area contributed by atoms with Crippen LogP contribution in [-0.2, 0) is 29.8 Å². The molecule has 0 bridgehead atoms. The average Bonchev–Trinajstić information content (AvgIpc) is 3.57. The summed E-state index contributed by atoms with van der Waals surface area (Å²) in [5.74, 6) is -1.63. The number of esters is 1. The van der Waals surface area contributed by atoms with Gasteiger partial charge in [0, 0.05) is 5.57 Å². The fourth-order valence-corrected chi connectivity index (χ4v) is 7.13. The van der Waals surface area contributed by atoms with E-state index in [1.54, 1.807) is 67.6 Å². The minimum absolute atomic E-state index is 0.0195. The van der Waals surface area contributed by atoms with Gasteiger partial charge in [-0.2, -0.15) is 10.5 Å². The fraction of sp³-hybridized carbons (Fsp3) is 0.200. The largest absolute Gasteiger partial charge is 0.465 e. The fourth-order valence-electron chi connectivity index (χ4n) is 5.65. The van der Waals surface area contributed by atoms with Crippen LogP contribution in [-0.4, -0.2) is 26.9 Å². The van der Waals surface area contributed by atoms with Crippen LogP contribution in [0.4, 0.5) is 5.69 Å². The summed E-state index contributed by atoms with van der Waals surface area (Å²) in [7, 11) is -4.37. The zero-order valence-corrected chi connectivity index (χ0v) is 22.0. The van der Waals surface area contributed by atoms with E-state index in [1.807, 2.05) is 19.1 Å². The number of nitriles is 2. The topological polar surface area (TPSA) is 128 Å². The Hall–Kier alpha value is -4.73. The predicted octanol–water partition coefficient (Wildman–Crippen LogP) is 4.42. The Kier molecular flexibility index (Phi) is 6.13. The first-order chi connectivity index (χ1) is 18.7. The second-order valence-corrected chi connectivity index (χ2v) is 11.2. The SMILES string of the molecule is CCOC(=O)[C@@]1(C(=C(C#N)C#N)c2ccccc2)C[C@]12C(=O)N(S(=O)(=O)c1ccc(C)cc1)c1ccccc12. The van der Waals surface area contributed by atoms with Crippen LogP contribution in [0.15, 0.2) is 89.3 Å². The monoisotopic (exact) mass is 537 g/mol. The smallest absolute Gasteiger partial charge is 0.318 e. The number of rotatable bonds is 6. The third-order valence-electron chi connectivity index (χ3n) is 7.41. The molecule has 1 heterocycles. The molecular formula is C30H23N3O5S. The molecule has 194 valence electrons. The number of anilines is 1. The zero-order valence-electron chi connectivity index (χ0n) is 21.2. The Bertz CT molecular complexity index is 1720. The maximum Gasteiger partial charge on any atom is 0.318 e. The third-order valence-corrected chi connectivity index (χ3v) is 9.12. The average molecular weight is 538 g/mol.